The Balaban J connectivity index is 1.47. The summed E-state index contributed by atoms with van der Waals surface area (Å²) in [5, 5.41) is 3.84. The largest absolute Gasteiger partial charge is 0.324 e. The second-order valence-electron chi connectivity index (χ2n) is 6.79. The molecule has 2 aromatic heterocycles. The molecule has 0 bridgehead atoms. The molecule has 1 N–H and O–H groups in total. The fourth-order valence-corrected chi connectivity index (χ4v) is 6.41. The van der Waals surface area contributed by atoms with Crippen LogP contribution in [-0.2, 0) is 21.2 Å². The summed E-state index contributed by atoms with van der Waals surface area (Å²) in [6.45, 7) is 1.15. The van der Waals surface area contributed by atoms with Gasteiger partial charge in [0, 0.05) is 29.5 Å². The third kappa shape index (κ3) is 3.94. The normalized spacial score (nSPS) is 15.6. The lowest BCUT2D eigenvalue weighted by Crippen LogP contribution is -2.35. The minimum Gasteiger partial charge on any atom is -0.324 e. The van der Waals surface area contributed by atoms with Gasteiger partial charge in [-0.2, -0.15) is 4.31 Å². The van der Waals surface area contributed by atoms with Gasteiger partial charge < -0.3 is 5.32 Å². The van der Waals surface area contributed by atoms with E-state index in [1.165, 1.54) is 11.3 Å². The molecule has 0 saturated carbocycles. The number of hydrogen-bond acceptors (Lipinski definition) is 5. The summed E-state index contributed by atoms with van der Waals surface area (Å²) in [6, 6.07) is 12.7. The van der Waals surface area contributed by atoms with Crippen LogP contribution in [0.25, 0.3) is 10.9 Å². The molecule has 6 nitrogen and oxygen atoms in total. The van der Waals surface area contributed by atoms with E-state index < -0.39 is 10.0 Å². The summed E-state index contributed by atoms with van der Waals surface area (Å²) >= 11 is 1.17. The van der Waals surface area contributed by atoms with Crippen LogP contribution in [0.4, 0.5) is 5.69 Å². The van der Waals surface area contributed by atoms with Gasteiger partial charge in [-0.3, -0.25) is 9.78 Å². The van der Waals surface area contributed by atoms with Gasteiger partial charge >= 0.3 is 0 Å². The Morgan fingerprint density at radius 2 is 1.86 bits per heavy atom. The second kappa shape index (κ2) is 7.98. The number of fused-ring (bicyclic) bond motifs is 1. The monoisotopic (exact) mass is 415 g/mol. The smallest absolute Gasteiger partial charge is 0.252 e. The lowest BCUT2D eigenvalue weighted by Gasteiger charge is -2.25. The highest BCUT2D eigenvalue weighted by atomic mass is 32.2. The number of aromatic nitrogens is 1. The maximum absolute atomic E-state index is 12.8. The maximum atomic E-state index is 12.8. The summed E-state index contributed by atoms with van der Waals surface area (Å²) in [4.78, 5) is 17.5. The first kappa shape index (κ1) is 19.0. The second-order valence-corrected chi connectivity index (χ2v) is 10.1. The predicted octanol–water partition coefficient (Wildman–Crippen LogP) is 3.65. The molecule has 3 heterocycles. The first-order chi connectivity index (χ1) is 13.5. The van der Waals surface area contributed by atoms with Crippen LogP contribution in [0, 0.1) is 0 Å². The van der Waals surface area contributed by atoms with Crippen LogP contribution < -0.4 is 5.32 Å². The van der Waals surface area contributed by atoms with Crippen molar-refractivity contribution in [1.29, 1.82) is 0 Å². The summed E-state index contributed by atoms with van der Waals surface area (Å²) in [5.74, 6) is -0.193. The minimum atomic E-state index is -3.45. The fourth-order valence-electron chi connectivity index (χ4n) is 3.38. The predicted molar refractivity (Wildman–Crippen MR) is 111 cm³/mol. The van der Waals surface area contributed by atoms with Crippen LogP contribution in [0.1, 0.15) is 24.1 Å². The first-order valence-electron chi connectivity index (χ1n) is 9.26. The van der Waals surface area contributed by atoms with E-state index in [4.69, 9.17) is 0 Å². The van der Waals surface area contributed by atoms with Crippen LogP contribution in [0.5, 0.6) is 0 Å². The Morgan fingerprint density at radius 3 is 2.68 bits per heavy atom. The number of hydrogen-bond donors (Lipinski definition) is 1. The van der Waals surface area contributed by atoms with E-state index in [-0.39, 0.29) is 12.3 Å². The highest BCUT2D eigenvalue weighted by molar-refractivity contribution is 7.91. The van der Waals surface area contributed by atoms with Gasteiger partial charge in [0.05, 0.1) is 17.6 Å². The molecule has 8 heteroatoms. The number of amides is 1. The van der Waals surface area contributed by atoms with E-state index >= 15 is 0 Å². The van der Waals surface area contributed by atoms with Crippen molar-refractivity contribution in [3.05, 3.63) is 53.5 Å². The number of piperidine rings is 1. The van der Waals surface area contributed by atoms with Gasteiger partial charge in [0.15, 0.2) is 0 Å². The van der Waals surface area contributed by atoms with Crippen LogP contribution in [-0.4, -0.2) is 36.7 Å². The molecular weight excluding hydrogens is 394 g/mol. The van der Waals surface area contributed by atoms with Crippen molar-refractivity contribution in [2.75, 3.05) is 18.4 Å². The third-order valence-electron chi connectivity index (χ3n) is 4.79. The molecule has 1 aromatic carbocycles. The molecule has 146 valence electrons. The quantitative estimate of drug-likeness (QED) is 0.690. The molecule has 0 atom stereocenters. The number of anilines is 1. The number of benzene rings is 1. The molecule has 4 rings (SSSR count). The summed E-state index contributed by atoms with van der Waals surface area (Å²) < 4.78 is 27.4. The summed E-state index contributed by atoms with van der Waals surface area (Å²) in [6.07, 6.45) is 4.70. The molecule has 0 radical (unpaired) electrons. The molecule has 1 aliphatic rings. The van der Waals surface area contributed by atoms with Crippen LogP contribution in [0.3, 0.4) is 0 Å². The fraction of sp³-hybridized carbons (Fsp3) is 0.300. The lowest BCUT2D eigenvalue weighted by atomic mass is 10.2. The molecule has 0 unspecified atom stereocenters. The average Bonchev–Trinajstić information content (AvgIpc) is 3.18. The number of nitrogens with one attached hydrogen (secondary N) is 1. The molecule has 28 heavy (non-hydrogen) atoms. The van der Waals surface area contributed by atoms with Gasteiger partial charge in [0.1, 0.15) is 4.21 Å². The number of nitrogens with zero attached hydrogens (tertiary/aromatic N) is 2. The molecule has 1 saturated heterocycles. The Kier molecular flexibility index (Phi) is 5.43. The molecule has 0 aliphatic carbocycles. The lowest BCUT2D eigenvalue weighted by molar-refractivity contribution is -0.115. The zero-order valence-corrected chi connectivity index (χ0v) is 16.9. The maximum Gasteiger partial charge on any atom is 0.252 e. The Morgan fingerprint density at radius 1 is 1.07 bits per heavy atom. The number of carbonyl (C=O) groups is 1. The standard InChI is InChI=1S/C20H21N3O3S2/c24-18(22-17-8-4-6-15-7-5-11-21-20(15)17)14-16-9-10-19(27-16)28(25,26)23-12-2-1-3-13-23/h4-11H,1-3,12-14H2,(H,22,24). The highest BCUT2D eigenvalue weighted by Gasteiger charge is 2.27. The van der Waals surface area contributed by atoms with Crippen LogP contribution >= 0.6 is 11.3 Å². The minimum absolute atomic E-state index is 0.128. The Bertz CT molecular complexity index is 1100. The average molecular weight is 416 g/mol. The van der Waals surface area contributed by atoms with Crippen molar-refractivity contribution in [3.63, 3.8) is 0 Å². The van der Waals surface area contributed by atoms with Crippen molar-refractivity contribution in [1.82, 2.24) is 9.29 Å². The zero-order chi connectivity index (χ0) is 19.6. The van der Waals surface area contributed by atoms with Gasteiger partial charge in [0.2, 0.25) is 5.91 Å². The van der Waals surface area contributed by atoms with Crippen molar-refractivity contribution in [3.8, 4) is 0 Å². The third-order valence-corrected chi connectivity index (χ3v) is 8.24. The van der Waals surface area contributed by atoms with E-state index in [1.54, 1.807) is 22.6 Å². The van der Waals surface area contributed by atoms with E-state index in [0.29, 0.717) is 23.0 Å². The number of para-hydroxylation sites is 1. The van der Waals surface area contributed by atoms with Gasteiger partial charge in [0.25, 0.3) is 10.0 Å². The number of carbonyl (C=O) groups excluding carboxylic acids is 1. The first-order valence-corrected chi connectivity index (χ1v) is 11.5. The van der Waals surface area contributed by atoms with Crippen molar-refractivity contribution in [2.45, 2.75) is 29.9 Å². The summed E-state index contributed by atoms with van der Waals surface area (Å²) in [5.41, 5.74) is 1.39. The zero-order valence-electron chi connectivity index (χ0n) is 15.3. The van der Waals surface area contributed by atoms with Crippen molar-refractivity contribution in [2.24, 2.45) is 0 Å². The number of thiophene rings is 1. The van der Waals surface area contributed by atoms with Crippen LogP contribution in [0.2, 0.25) is 0 Å². The van der Waals surface area contributed by atoms with Crippen molar-refractivity contribution < 1.29 is 13.2 Å². The Hall–Kier alpha value is -2.29. The molecule has 0 spiro atoms. The number of pyridine rings is 1. The van der Waals surface area contributed by atoms with Gasteiger partial charge in [-0.05, 0) is 37.1 Å². The molecule has 1 amide bonds. The van der Waals surface area contributed by atoms with E-state index in [9.17, 15) is 13.2 Å². The molecular formula is C20H21N3O3S2. The number of sulfonamides is 1. The highest BCUT2D eigenvalue weighted by Crippen LogP contribution is 2.28. The Labute approximate surface area is 168 Å². The van der Waals surface area contributed by atoms with E-state index in [1.807, 2.05) is 30.3 Å². The van der Waals surface area contributed by atoms with Gasteiger partial charge in [-0.25, -0.2) is 8.42 Å². The number of rotatable bonds is 5. The van der Waals surface area contributed by atoms with E-state index in [0.717, 1.165) is 35.0 Å². The molecule has 1 fully saturated rings. The van der Waals surface area contributed by atoms with Crippen LogP contribution in [0.15, 0.2) is 52.9 Å². The molecule has 3 aromatic rings. The van der Waals surface area contributed by atoms with Gasteiger partial charge in [-0.1, -0.05) is 24.6 Å². The van der Waals surface area contributed by atoms with Crippen molar-refractivity contribution >= 4 is 43.9 Å². The topological polar surface area (TPSA) is 79.4 Å². The SMILES string of the molecule is O=C(Cc1ccc(S(=O)(=O)N2CCCCC2)s1)Nc1cccc2cccnc12. The molecule has 1 aliphatic heterocycles. The summed E-state index contributed by atoms with van der Waals surface area (Å²) in [7, 11) is -3.45. The van der Waals surface area contributed by atoms with E-state index in [2.05, 4.69) is 10.3 Å². The van der Waals surface area contributed by atoms with Gasteiger partial charge in [-0.15, -0.1) is 11.3 Å².